The van der Waals surface area contributed by atoms with E-state index in [1.54, 1.807) is 30.3 Å². The highest BCUT2D eigenvalue weighted by molar-refractivity contribution is 6.09. The normalized spacial score (nSPS) is 9.95. The average Bonchev–Trinajstić information content (AvgIpc) is 2.47. The summed E-state index contributed by atoms with van der Waals surface area (Å²) in [6.07, 6.45) is 0. The second-order valence-corrected chi connectivity index (χ2v) is 4.23. The fourth-order valence-corrected chi connectivity index (χ4v) is 1.80. The van der Waals surface area contributed by atoms with E-state index < -0.39 is 16.6 Å². The number of rotatable bonds is 4. The molecule has 6 heteroatoms. The van der Waals surface area contributed by atoms with Crippen molar-refractivity contribution in [1.82, 2.24) is 0 Å². The maximum Gasteiger partial charge on any atom is 0.312 e. The molecule has 0 bridgehead atoms. The minimum Gasteiger partial charge on any atom is -0.419 e. The Morgan fingerprint density at radius 2 is 1.71 bits per heavy atom. The number of carbonyl (C=O) groups excluding carboxylic acids is 2. The molecule has 0 aliphatic carbocycles. The maximum atomic E-state index is 12.2. The van der Waals surface area contributed by atoms with E-state index in [0.29, 0.717) is 5.56 Å². The van der Waals surface area contributed by atoms with Crippen LogP contribution in [0.15, 0.2) is 48.5 Å². The van der Waals surface area contributed by atoms with Crippen molar-refractivity contribution in [2.45, 2.75) is 6.92 Å². The molecule has 2 aromatic rings. The zero-order valence-corrected chi connectivity index (χ0v) is 11.1. The van der Waals surface area contributed by atoms with Gasteiger partial charge in [0.1, 0.15) is 0 Å². The molecule has 0 amide bonds. The summed E-state index contributed by atoms with van der Waals surface area (Å²) in [6, 6.07) is 12.2. The van der Waals surface area contributed by atoms with Crippen molar-refractivity contribution in [2.24, 2.45) is 0 Å². The lowest BCUT2D eigenvalue weighted by atomic mass is 10.0. The Hall–Kier alpha value is -3.02. The molecule has 2 aromatic carbocycles. The molecule has 0 N–H and O–H groups in total. The summed E-state index contributed by atoms with van der Waals surface area (Å²) in [4.78, 5) is 33.5. The molecule has 0 radical (unpaired) electrons. The number of carbonyl (C=O) groups is 2. The smallest absolute Gasteiger partial charge is 0.312 e. The van der Waals surface area contributed by atoms with Gasteiger partial charge in [-0.1, -0.05) is 30.3 Å². The Kier molecular flexibility index (Phi) is 4.08. The van der Waals surface area contributed by atoms with E-state index in [2.05, 4.69) is 0 Å². The predicted octanol–water partition coefficient (Wildman–Crippen LogP) is 2.75. The zero-order valence-electron chi connectivity index (χ0n) is 11.1. The number of ether oxygens (including phenoxy) is 1. The molecule has 0 aliphatic rings. The molecule has 0 saturated carbocycles. The first-order valence-corrected chi connectivity index (χ1v) is 6.05. The summed E-state index contributed by atoms with van der Waals surface area (Å²) >= 11 is 0. The number of ketones is 1. The number of nitro benzene ring substituents is 1. The standard InChI is InChI=1S/C15H11NO5/c1-10(17)21-14-8-7-12(9-13(14)16(19)20)15(18)11-5-3-2-4-6-11/h2-9H,1H3. The molecule has 0 aromatic heterocycles. The minimum absolute atomic E-state index is 0.156. The number of esters is 1. The molecular formula is C15H11NO5. The van der Waals surface area contributed by atoms with Crippen LogP contribution in [0.5, 0.6) is 5.75 Å². The van der Waals surface area contributed by atoms with Gasteiger partial charge < -0.3 is 4.74 Å². The molecule has 0 aliphatic heterocycles. The third-order valence-corrected chi connectivity index (χ3v) is 2.71. The first-order chi connectivity index (χ1) is 9.99. The van der Waals surface area contributed by atoms with Crippen LogP contribution < -0.4 is 4.74 Å². The first kappa shape index (κ1) is 14.4. The maximum absolute atomic E-state index is 12.2. The van der Waals surface area contributed by atoms with Crippen LogP contribution in [-0.2, 0) is 4.79 Å². The summed E-state index contributed by atoms with van der Waals surface area (Å²) in [6.45, 7) is 1.15. The van der Waals surface area contributed by atoms with Crippen molar-refractivity contribution in [3.8, 4) is 5.75 Å². The van der Waals surface area contributed by atoms with Gasteiger partial charge in [0.25, 0.3) is 0 Å². The van der Waals surface area contributed by atoms with E-state index in [1.165, 1.54) is 12.1 Å². The molecule has 106 valence electrons. The van der Waals surface area contributed by atoms with Crippen molar-refractivity contribution in [2.75, 3.05) is 0 Å². The van der Waals surface area contributed by atoms with Gasteiger partial charge in [-0.3, -0.25) is 19.7 Å². The van der Waals surface area contributed by atoms with Gasteiger partial charge in [0.15, 0.2) is 5.78 Å². The first-order valence-electron chi connectivity index (χ1n) is 6.05. The third-order valence-electron chi connectivity index (χ3n) is 2.71. The van der Waals surface area contributed by atoms with Crippen molar-refractivity contribution in [3.05, 3.63) is 69.8 Å². The highest BCUT2D eigenvalue weighted by atomic mass is 16.6. The van der Waals surface area contributed by atoms with Crippen molar-refractivity contribution < 1.29 is 19.2 Å². The molecule has 0 saturated heterocycles. The van der Waals surface area contributed by atoms with Crippen LogP contribution in [0.1, 0.15) is 22.8 Å². The summed E-state index contributed by atoms with van der Waals surface area (Å²) < 4.78 is 4.76. The number of hydrogen-bond acceptors (Lipinski definition) is 5. The molecule has 21 heavy (non-hydrogen) atoms. The van der Waals surface area contributed by atoms with Crippen LogP contribution >= 0.6 is 0 Å². The summed E-state index contributed by atoms with van der Waals surface area (Å²) in [5, 5.41) is 11.0. The van der Waals surface area contributed by atoms with Crippen LogP contribution in [0.3, 0.4) is 0 Å². The molecule has 2 rings (SSSR count). The van der Waals surface area contributed by atoms with E-state index in [1.807, 2.05) is 0 Å². The molecular weight excluding hydrogens is 274 g/mol. The lowest BCUT2D eigenvalue weighted by molar-refractivity contribution is -0.385. The Morgan fingerprint density at radius 1 is 1.05 bits per heavy atom. The molecule has 0 spiro atoms. The largest absolute Gasteiger partial charge is 0.419 e. The summed E-state index contributed by atoms with van der Waals surface area (Å²) in [5.74, 6) is -1.19. The van der Waals surface area contributed by atoms with Gasteiger partial charge in [0.2, 0.25) is 5.75 Å². The third kappa shape index (κ3) is 3.30. The van der Waals surface area contributed by atoms with Gasteiger partial charge in [-0.25, -0.2) is 0 Å². The molecule has 0 fully saturated rings. The van der Waals surface area contributed by atoms with Crippen molar-refractivity contribution >= 4 is 17.4 Å². The van der Waals surface area contributed by atoms with Gasteiger partial charge in [-0.15, -0.1) is 0 Å². The lowest BCUT2D eigenvalue weighted by Crippen LogP contribution is -2.06. The van der Waals surface area contributed by atoms with Crippen molar-refractivity contribution in [3.63, 3.8) is 0 Å². The fourth-order valence-electron chi connectivity index (χ4n) is 1.80. The summed E-state index contributed by atoms with van der Waals surface area (Å²) in [7, 11) is 0. The van der Waals surface area contributed by atoms with Crippen LogP contribution in [0.25, 0.3) is 0 Å². The lowest BCUT2D eigenvalue weighted by Gasteiger charge is -2.05. The van der Waals surface area contributed by atoms with E-state index in [-0.39, 0.29) is 17.1 Å². The van der Waals surface area contributed by atoms with Gasteiger partial charge >= 0.3 is 11.7 Å². The average molecular weight is 285 g/mol. The quantitative estimate of drug-likeness (QED) is 0.283. The predicted molar refractivity (Wildman–Crippen MR) is 74.3 cm³/mol. The SMILES string of the molecule is CC(=O)Oc1ccc(C(=O)c2ccccc2)cc1[N+](=O)[O-]. The number of hydrogen-bond donors (Lipinski definition) is 0. The number of benzene rings is 2. The summed E-state index contributed by atoms with van der Waals surface area (Å²) in [5.41, 5.74) is 0.155. The molecule has 6 nitrogen and oxygen atoms in total. The van der Waals surface area contributed by atoms with Crippen LogP contribution in [-0.4, -0.2) is 16.7 Å². The zero-order chi connectivity index (χ0) is 15.4. The fraction of sp³-hybridized carbons (Fsp3) is 0.0667. The van der Waals surface area contributed by atoms with Gasteiger partial charge in [-0.05, 0) is 12.1 Å². The minimum atomic E-state index is -0.694. The van der Waals surface area contributed by atoms with Crippen LogP contribution in [0.2, 0.25) is 0 Å². The van der Waals surface area contributed by atoms with Crippen molar-refractivity contribution in [1.29, 1.82) is 0 Å². The van der Waals surface area contributed by atoms with E-state index in [4.69, 9.17) is 4.74 Å². The Bertz CT molecular complexity index is 709. The van der Waals surface area contributed by atoms with Gasteiger partial charge in [-0.2, -0.15) is 0 Å². The molecule has 0 heterocycles. The van der Waals surface area contributed by atoms with E-state index in [0.717, 1.165) is 13.0 Å². The van der Waals surface area contributed by atoms with E-state index >= 15 is 0 Å². The second-order valence-electron chi connectivity index (χ2n) is 4.23. The highest BCUT2D eigenvalue weighted by Gasteiger charge is 2.20. The van der Waals surface area contributed by atoms with Crippen LogP contribution in [0.4, 0.5) is 5.69 Å². The molecule has 0 atom stereocenters. The monoisotopic (exact) mass is 285 g/mol. The Balaban J connectivity index is 2.43. The second kappa shape index (κ2) is 5.96. The van der Waals surface area contributed by atoms with Gasteiger partial charge in [0, 0.05) is 24.1 Å². The topological polar surface area (TPSA) is 86.5 Å². The Labute approximate surface area is 120 Å². The van der Waals surface area contributed by atoms with E-state index in [9.17, 15) is 19.7 Å². The van der Waals surface area contributed by atoms with Crippen LogP contribution in [0, 0.1) is 10.1 Å². The molecule has 0 unspecified atom stereocenters. The van der Waals surface area contributed by atoms with Gasteiger partial charge in [0.05, 0.1) is 4.92 Å². The highest BCUT2D eigenvalue weighted by Crippen LogP contribution is 2.29. The number of nitro groups is 1. The Morgan fingerprint density at radius 3 is 2.29 bits per heavy atom. The number of nitrogens with zero attached hydrogens (tertiary/aromatic N) is 1.